The summed E-state index contributed by atoms with van der Waals surface area (Å²) in [5.41, 5.74) is 1.27. The number of hydrogen-bond donors (Lipinski definition) is 2. The standard InChI is InChI=1S/C11H22N2/c1-9(2)4-6-12-10(3)8-11-5-7-13-11/h10-13H,1,4-8H2,2-3H3. The van der Waals surface area contributed by atoms with Gasteiger partial charge >= 0.3 is 0 Å². The third-order valence-electron chi connectivity index (χ3n) is 2.61. The van der Waals surface area contributed by atoms with Crippen LogP contribution in [0.4, 0.5) is 0 Å². The Morgan fingerprint density at radius 1 is 1.69 bits per heavy atom. The zero-order valence-electron chi connectivity index (χ0n) is 8.90. The molecule has 2 atom stereocenters. The van der Waals surface area contributed by atoms with Crippen LogP contribution in [-0.4, -0.2) is 25.2 Å². The molecule has 0 radical (unpaired) electrons. The summed E-state index contributed by atoms with van der Waals surface area (Å²) in [6.45, 7) is 10.5. The Morgan fingerprint density at radius 3 is 2.85 bits per heavy atom. The van der Waals surface area contributed by atoms with E-state index in [1.165, 1.54) is 25.0 Å². The first kappa shape index (κ1) is 10.7. The predicted molar refractivity (Wildman–Crippen MR) is 57.9 cm³/mol. The van der Waals surface area contributed by atoms with Gasteiger partial charge in [0.1, 0.15) is 0 Å². The molecule has 2 nitrogen and oxygen atoms in total. The molecule has 76 valence electrons. The number of nitrogens with one attached hydrogen (secondary N) is 2. The molecule has 0 aromatic rings. The van der Waals surface area contributed by atoms with Gasteiger partial charge < -0.3 is 10.6 Å². The van der Waals surface area contributed by atoms with Gasteiger partial charge in [-0.25, -0.2) is 0 Å². The quantitative estimate of drug-likeness (QED) is 0.611. The van der Waals surface area contributed by atoms with E-state index in [9.17, 15) is 0 Å². The lowest BCUT2D eigenvalue weighted by Gasteiger charge is -2.30. The first-order chi connectivity index (χ1) is 6.18. The van der Waals surface area contributed by atoms with Gasteiger partial charge in [0.2, 0.25) is 0 Å². The molecule has 1 fully saturated rings. The van der Waals surface area contributed by atoms with E-state index in [-0.39, 0.29) is 0 Å². The Bertz CT molecular complexity index is 161. The van der Waals surface area contributed by atoms with Crippen LogP contribution >= 0.6 is 0 Å². The smallest absolute Gasteiger partial charge is 0.00938 e. The van der Waals surface area contributed by atoms with Crippen molar-refractivity contribution in [2.45, 2.75) is 45.2 Å². The molecule has 0 saturated carbocycles. The van der Waals surface area contributed by atoms with Crippen LogP contribution in [-0.2, 0) is 0 Å². The van der Waals surface area contributed by atoms with E-state index in [0.717, 1.165) is 19.0 Å². The molecule has 1 rings (SSSR count). The fourth-order valence-corrected chi connectivity index (χ4v) is 1.59. The van der Waals surface area contributed by atoms with E-state index in [1.807, 2.05) is 0 Å². The van der Waals surface area contributed by atoms with Crippen LogP contribution in [0.15, 0.2) is 12.2 Å². The van der Waals surface area contributed by atoms with Crippen LogP contribution in [0.25, 0.3) is 0 Å². The third kappa shape index (κ3) is 4.44. The molecule has 1 heterocycles. The van der Waals surface area contributed by atoms with Crippen LogP contribution < -0.4 is 10.6 Å². The zero-order valence-corrected chi connectivity index (χ0v) is 8.90. The van der Waals surface area contributed by atoms with E-state index in [1.54, 1.807) is 0 Å². The van der Waals surface area contributed by atoms with Gasteiger partial charge in [-0.15, -0.1) is 6.58 Å². The molecule has 1 aliphatic heterocycles. The second kappa shape index (κ2) is 5.40. The largest absolute Gasteiger partial charge is 0.314 e. The Labute approximate surface area is 81.8 Å². The molecular weight excluding hydrogens is 160 g/mol. The zero-order chi connectivity index (χ0) is 9.68. The number of hydrogen-bond acceptors (Lipinski definition) is 2. The minimum absolute atomic E-state index is 0.636. The van der Waals surface area contributed by atoms with Crippen molar-refractivity contribution in [3.63, 3.8) is 0 Å². The van der Waals surface area contributed by atoms with Crippen LogP contribution in [0.5, 0.6) is 0 Å². The molecule has 1 aliphatic rings. The van der Waals surface area contributed by atoms with Gasteiger partial charge in [-0.05, 0) is 46.2 Å². The van der Waals surface area contributed by atoms with Crippen molar-refractivity contribution in [1.82, 2.24) is 10.6 Å². The van der Waals surface area contributed by atoms with Gasteiger partial charge in [0.25, 0.3) is 0 Å². The summed E-state index contributed by atoms with van der Waals surface area (Å²) in [4.78, 5) is 0. The van der Waals surface area contributed by atoms with Crippen LogP contribution in [0.1, 0.15) is 33.1 Å². The second-order valence-electron chi connectivity index (χ2n) is 4.24. The Hall–Kier alpha value is -0.340. The normalized spacial score (nSPS) is 23.7. The molecule has 0 bridgehead atoms. The van der Waals surface area contributed by atoms with Gasteiger partial charge in [0, 0.05) is 12.1 Å². The summed E-state index contributed by atoms with van der Waals surface area (Å²) < 4.78 is 0. The first-order valence-electron chi connectivity index (χ1n) is 5.29. The summed E-state index contributed by atoms with van der Waals surface area (Å²) in [5, 5.41) is 6.93. The average Bonchev–Trinajstić information content (AvgIpc) is 1.96. The minimum Gasteiger partial charge on any atom is -0.314 e. The van der Waals surface area contributed by atoms with Gasteiger partial charge in [0.05, 0.1) is 0 Å². The molecule has 0 amide bonds. The van der Waals surface area contributed by atoms with Gasteiger partial charge in [0.15, 0.2) is 0 Å². The van der Waals surface area contributed by atoms with Crippen LogP contribution in [0, 0.1) is 0 Å². The molecule has 2 N–H and O–H groups in total. The van der Waals surface area contributed by atoms with Crippen molar-refractivity contribution >= 4 is 0 Å². The van der Waals surface area contributed by atoms with Crippen molar-refractivity contribution in [1.29, 1.82) is 0 Å². The van der Waals surface area contributed by atoms with Crippen molar-refractivity contribution in [2.24, 2.45) is 0 Å². The molecule has 0 aliphatic carbocycles. The lowest BCUT2D eigenvalue weighted by molar-refractivity contribution is 0.316. The maximum absolute atomic E-state index is 3.89. The summed E-state index contributed by atoms with van der Waals surface area (Å²) >= 11 is 0. The van der Waals surface area contributed by atoms with Crippen molar-refractivity contribution in [3.8, 4) is 0 Å². The van der Waals surface area contributed by atoms with Crippen molar-refractivity contribution in [3.05, 3.63) is 12.2 Å². The SMILES string of the molecule is C=C(C)CCNC(C)CC1CCN1. The van der Waals surface area contributed by atoms with E-state index in [0.29, 0.717) is 6.04 Å². The maximum Gasteiger partial charge on any atom is 0.00938 e. The van der Waals surface area contributed by atoms with Gasteiger partial charge in [-0.1, -0.05) is 5.57 Å². The van der Waals surface area contributed by atoms with E-state index < -0.39 is 0 Å². The summed E-state index contributed by atoms with van der Waals surface area (Å²) in [5.74, 6) is 0. The molecule has 0 aromatic carbocycles. The van der Waals surface area contributed by atoms with Crippen LogP contribution in [0.2, 0.25) is 0 Å². The monoisotopic (exact) mass is 182 g/mol. The minimum atomic E-state index is 0.636. The summed E-state index contributed by atoms with van der Waals surface area (Å²) in [6.07, 6.45) is 3.71. The molecule has 2 heteroatoms. The van der Waals surface area contributed by atoms with E-state index in [2.05, 4.69) is 31.1 Å². The van der Waals surface area contributed by atoms with Crippen molar-refractivity contribution in [2.75, 3.05) is 13.1 Å². The highest BCUT2D eigenvalue weighted by atomic mass is 15.0. The molecular formula is C11H22N2. The maximum atomic E-state index is 3.89. The molecule has 13 heavy (non-hydrogen) atoms. The van der Waals surface area contributed by atoms with Gasteiger partial charge in [-0.3, -0.25) is 0 Å². The fourth-order valence-electron chi connectivity index (χ4n) is 1.59. The molecule has 2 unspecified atom stereocenters. The Kier molecular flexibility index (Phi) is 4.46. The van der Waals surface area contributed by atoms with E-state index in [4.69, 9.17) is 0 Å². The topological polar surface area (TPSA) is 24.1 Å². The fraction of sp³-hybridized carbons (Fsp3) is 0.818. The Balaban J connectivity index is 1.96. The molecule has 0 aromatic heterocycles. The lowest BCUT2D eigenvalue weighted by atomic mass is 9.99. The number of rotatable bonds is 6. The second-order valence-corrected chi connectivity index (χ2v) is 4.24. The summed E-state index contributed by atoms with van der Waals surface area (Å²) in [7, 11) is 0. The van der Waals surface area contributed by atoms with Crippen molar-refractivity contribution < 1.29 is 0 Å². The average molecular weight is 182 g/mol. The highest BCUT2D eigenvalue weighted by Crippen LogP contribution is 2.09. The third-order valence-corrected chi connectivity index (χ3v) is 2.61. The lowest BCUT2D eigenvalue weighted by Crippen LogP contribution is -2.46. The predicted octanol–water partition coefficient (Wildman–Crippen LogP) is 1.68. The highest BCUT2D eigenvalue weighted by molar-refractivity contribution is 4.89. The van der Waals surface area contributed by atoms with Crippen LogP contribution in [0.3, 0.4) is 0 Å². The first-order valence-corrected chi connectivity index (χ1v) is 5.29. The summed E-state index contributed by atoms with van der Waals surface area (Å²) in [6, 6.07) is 1.41. The highest BCUT2D eigenvalue weighted by Gasteiger charge is 2.18. The van der Waals surface area contributed by atoms with Gasteiger partial charge in [-0.2, -0.15) is 0 Å². The Morgan fingerprint density at radius 2 is 2.38 bits per heavy atom. The molecule has 1 saturated heterocycles. The van der Waals surface area contributed by atoms with E-state index >= 15 is 0 Å². The molecule has 0 spiro atoms.